The van der Waals surface area contributed by atoms with Gasteiger partial charge in [-0.2, -0.15) is 0 Å². The monoisotopic (exact) mass is 639 g/mol. The molecule has 4 aromatic rings. The van der Waals surface area contributed by atoms with Gasteiger partial charge in [0.15, 0.2) is 0 Å². The number of likely N-dealkylation sites (N-methyl/N-ethyl adjacent to an activating group) is 1. The van der Waals surface area contributed by atoms with Crippen molar-refractivity contribution in [2.75, 3.05) is 25.0 Å². The van der Waals surface area contributed by atoms with Gasteiger partial charge in [-0.15, -0.1) is 0 Å². The number of nitrogens with one attached hydrogen (secondary N) is 1. The van der Waals surface area contributed by atoms with E-state index in [2.05, 4.69) is 5.32 Å². The van der Waals surface area contributed by atoms with Crippen LogP contribution in [0.5, 0.6) is 5.75 Å². The quantitative estimate of drug-likeness (QED) is 0.218. The summed E-state index contributed by atoms with van der Waals surface area (Å²) in [6.07, 6.45) is 0.194. The molecule has 1 N–H and O–H groups in total. The molecule has 8 nitrogen and oxygen atoms in total. The van der Waals surface area contributed by atoms with Gasteiger partial charge in [-0.1, -0.05) is 89.9 Å². The molecule has 0 heterocycles. The molecule has 1 atom stereocenters. The zero-order valence-electron chi connectivity index (χ0n) is 23.6. The second-order valence-corrected chi connectivity index (χ2v) is 12.2. The van der Waals surface area contributed by atoms with Crippen LogP contribution in [0.4, 0.5) is 5.69 Å². The van der Waals surface area contributed by atoms with E-state index in [0.29, 0.717) is 11.3 Å². The van der Waals surface area contributed by atoms with Gasteiger partial charge in [0.2, 0.25) is 11.8 Å². The highest BCUT2D eigenvalue weighted by Gasteiger charge is 2.35. The number of hydrogen-bond donors (Lipinski definition) is 1. The summed E-state index contributed by atoms with van der Waals surface area (Å²) in [5.41, 5.74) is 1.55. The lowest BCUT2D eigenvalue weighted by Gasteiger charge is -2.34. The Kier molecular flexibility index (Phi) is 10.7. The number of sulfonamides is 1. The van der Waals surface area contributed by atoms with Gasteiger partial charge >= 0.3 is 0 Å². The highest BCUT2D eigenvalue weighted by atomic mass is 35.5. The molecule has 2 amide bonds. The SMILES string of the molecule is CNC(=O)C(Cc1ccccc1)N(Cc1cccc(OC)c1)C(=O)CN(c1cccc(Cl)c1Cl)S(=O)(=O)c1ccccc1. The van der Waals surface area contributed by atoms with Gasteiger partial charge in [-0.25, -0.2) is 8.42 Å². The van der Waals surface area contributed by atoms with Crippen LogP contribution in [0.25, 0.3) is 0 Å². The van der Waals surface area contributed by atoms with Crippen LogP contribution in [-0.2, 0) is 32.6 Å². The number of amides is 2. The van der Waals surface area contributed by atoms with E-state index in [1.54, 1.807) is 48.5 Å². The Morgan fingerprint density at radius 1 is 0.860 bits per heavy atom. The molecule has 11 heteroatoms. The van der Waals surface area contributed by atoms with Gasteiger partial charge < -0.3 is 15.0 Å². The summed E-state index contributed by atoms with van der Waals surface area (Å²) in [6, 6.07) is 27.7. The number of hydrogen-bond acceptors (Lipinski definition) is 5. The third-order valence-corrected chi connectivity index (χ3v) is 9.40. The van der Waals surface area contributed by atoms with E-state index >= 15 is 0 Å². The summed E-state index contributed by atoms with van der Waals surface area (Å²) in [5, 5.41) is 2.76. The Hall–Kier alpha value is -4.05. The Morgan fingerprint density at radius 2 is 1.49 bits per heavy atom. The predicted molar refractivity (Wildman–Crippen MR) is 169 cm³/mol. The summed E-state index contributed by atoms with van der Waals surface area (Å²) in [6.45, 7) is -0.646. The standard InChI is InChI=1S/C32H31Cl2N3O5S/c1-35-32(39)29(20-23-11-5-3-6-12-23)36(21-24-13-9-14-25(19-24)42-2)30(38)22-37(28-18-10-17-27(33)31(28)34)43(40,41)26-15-7-4-8-16-26/h3-19,29H,20-22H2,1-2H3,(H,35,39). The number of carbonyl (C=O) groups is 2. The van der Waals surface area contributed by atoms with Crippen molar-refractivity contribution in [3.63, 3.8) is 0 Å². The first kappa shape index (κ1) is 31.9. The summed E-state index contributed by atoms with van der Waals surface area (Å²) in [5.74, 6) is -0.454. The number of nitrogens with zero attached hydrogens (tertiary/aromatic N) is 2. The van der Waals surface area contributed by atoms with Crippen LogP contribution in [0.2, 0.25) is 10.0 Å². The molecule has 0 saturated heterocycles. The molecular weight excluding hydrogens is 609 g/mol. The maximum absolute atomic E-state index is 14.3. The number of ether oxygens (including phenoxy) is 1. The fourth-order valence-corrected chi connectivity index (χ4v) is 6.50. The molecule has 0 aliphatic carbocycles. The van der Waals surface area contributed by atoms with E-state index in [0.717, 1.165) is 9.87 Å². The average Bonchev–Trinajstić information content (AvgIpc) is 3.03. The van der Waals surface area contributed by atoms with E-state index in [1.165, 1.54) is 43.3 Å². The largest absolute Gasteiger partial charge is 0.497 e. The second-order valence-electron chi connectivity index (χ2n) is 9.59. The molecule has 0 aromatic heterocycles. The number of anilines is 1. The predicted octanol–water partition coefficient (Wildman–Crippen LogP) is 5.58. The molecule has 0 aliphatic heterocycles. The first-order chi connectivity index (χ1) is 20.6. The highest BCUT2D eigenvalue weighted by Crippen LogP contribution is 2.35. The van der Waals surface area contributed by atoms with Crippen LogP contribution in [-0.4, -0.2) is 51.9 Å². The van der Waals surface area contributed by atoms with Crippen molar-refractivity contribution < 1.29 is 22.7 Å². The van der Waals surface area contributed by atoms with E-state index in [1.807, 2.05) is 30.3 Å². The normalized spacial score (nSPS) is 11.8. The number of halogens is 2. The molecule has 0 aliphatic rings. The van der Waals surface area contributed by atoms with Crippen LogP contribution in [0.15, 0.2) is 108 Å². The van der Waals surface area contributed by atoms with Crippen LogP contribution < -0.4 is 14.4 Å². The first-order valence-corrected chi connectivity index (χ1v) is 15.5. The first-order valence-electron chi connectivity index (χ1n) is 13.4. The second kappa shape index (κ2) is 14.4. The van der Waals surface area contributed by atoms with E-state index < -0.39 is 34.4 Å². The molecule has 224 valence electrons. The molecular formula is C32H31Cl2N3O5S. The van der Waals surface area contributed by atoms with E-state index in [9.17, 15) is 18.0 Å². The van der Waals surface area contributed by atoms with Crippen molar-refractivity contribution in [1.82, 2.24) is 10.2 Å². The van der Waals surface area contributed by atoms with Crippen LogP contribution >= 0.6 is 23.2 Å². The van der Waals surface area contributed by atoms with Crippen LogP contribution in [0.3, 0.4) is 0 Å². The Morgan fingerprint density at radius 3 is 2.14 bits per heavy atom. The van der Waals surface area contributed by atoms with Gasteiger partial charge in [-0.3, -0.25) is 13.9 Å². The van der Waals surface area contributed by atoms with Gasteiger partial charge in [0.05, 0.1) is 27.7 Å². The van der Waals surface area contributed by atoms with Gasteiger partial charge in [0.25, 0.3) is 10.0 Å². The zero-order valence-corrected chi connectivity index (χ0v) is 25.9. The fourth-order valence-electron chi connectivity index (χ4n) is 4.61. The lowest BCUT2D eigenvalue weighted by atomic mass is 10.0. The van der Waals surface area contributed by atoms with Gasteiger partial charge in [-0.05, 0) is 47.5 Å². The Labute approximate surface area is 261 Å². The number of carbonyl (C=O) groups excluding carboxylic acids is 2. The number of rotatable bonds is 12. The molecule has 1 unspecified atom stereocenters. The summed E-state index contributed by atoms with van der Waals surface area (Å²) < 4.78 is 34.3. The van der Waals surface area contributed by atoms with Crippen molar-refractivity contribution in [2.24, 2.45) is 0 Å². The summed E-state index contributed by atoms with van der Waals surface area (Å²) in [7, 11) is -1.27. The van der Waals surface area contributed by atoms with Crippen molar-refractivity contribution in [3.05, 3.63) is 124 Å². The zero-order chi connectivity index (χ0) is 31.0. The maximum Gasteiger partial charge on any atom is 0.264 e. The molecule has 0 spiro atoms. The molecule has 0 bridgehead atoms. The third kappa shape index (κ3) is 7.67. The van der Waals surface area contributed by atoms with E-state index in [-0.39, 0.29) is 33.6 Å². The Balaban J connectivity index is 1.82. The lowest BCUT2D eigenvalue weighted by molar-refractivity contribution is -0.139. The third-order valence-electron chi connectivity index (χ3n) is 6.81. The lowest BCUT2D eigenvalue weighted by Crippen LogP contribution is -2.53. The molecule has 0 radical (unpaired) electrons. The average molecular weight is 641 g/mol. The van der Waals surface area contributed by atoms with E-state index in [4.69, 9.17) is 27.9 Å². The minimum Gasteiger partial charge on any atom is -0.497 e. The molecule has 0 saturated carbocycles. The van der Waals surface area contributed by atoms with Crippen LogP contribution in [0.1, 0.15) is 11.1 Å². The van der Waals surface area contributed by atoms with Crippen LogP contribution in [0, 0.1) is 0 Å². The maximum atomic E-state index is 14.3. The summed E-state index contributed by atoms with van der Waals surface area (Å²) >= 11 is 12.8. The van der Waals surface area contributed by atoms with Crippen molar-refractivity contribution >= 4 is 50.7 Å². The topological polar surface area (TPSA) is 96.0 Å². The minimum absolute atomic E-state index is 0.00343. The highest BCUT2D eigenvalue weighted by molar-refractivity contribution is 7.92. The van der Waals surface area contributed by atoms with Gasteiger partial charge in [0, 0.05) is 20.0 Å². The smallest absolute Gasteiger partial charge is 0.264 e. The minimum atomic E-state index is -4.29. The Bertz CT molecular complexity index is 1670. The van der Waals surface area contributed by atoms with Crippen molar-refractivity contribution in [3.8, 4) is 5.75 Å². The summed E-state index contributed by atoms with van der Waals surface area (Å²) in [4.78, 5) is 29.0. The number of benzene rings is 4. The van der Waals surface area contributed by atoms with Crippen molar-refractivity contribution in [2.45, 2.75) is 23.9 Å². The van der Waals surface area contributed by atoms with Crippen molar-refractivity contribution in [1.29, 1.82) is 0 Å². The molecule has 4 aromatic carbocycles. The van der Waals surface area contributed by atoms with Gasteiger partial charge in [0.1, 0.15) is 18.3 Å². The number of methoxy groups -OCH3 is 1. The fraction of sp³-hybridized carbons (Fsp3) is 0.188. The molecule has 0 fully saturated rings. The molecule has 4 rings (SSSR count). The molecule has 43 heavy (non-hydrogen) atoms.